The van der Waals surface area contributed by atoms with Crippen LogP contribution in [-0.2, 0) is 16.1 Å². The van der Waals surface area contributed by atoms with E-state index in [2.05, 4.69) is 22.1 Å². The summed E-state index contributed by atoms with van der Waals surface area (Å²) in [5, 5.41) is 16.3. The van der Waals surface area contributed by atoms with Gasteiger partial charge in [0, 0.05) is 17.5 Å². The molecule has 0 unspecified atom stereocenters. The zero-order chi connectivity index (χ0) is 24.1. The van der Waals surface area contributed by atoms with Crippen molar-refractivity contribution >= 4 is 51.3 Å². The summed E-state index contributed by atoms with van der Waals surface area (Å²) in [6.45, 7) is 6.34. The molecule has 3 aromatic heterocycles. The number of aromatic nitrogens is 3. The van der Waals surface area contributed by atoms with Crippen molar-refractivity contribution in [2.45, 2.75) is 18.6 Å². The molecule has 1 N–H and O–H groups in total. The van der Waals surface area contributed by atoms with Crippen molar-refractivity contribution in [2.24, 2.45) is 0 Å². The van der Waals surface area contributed by atoms with Crippen LogP contribution >= 0.6 is 34.4 Å². The molecule has 0 bridgehead atoms. The molecule has 0 saturated carbocycles. The molecule has 4 aromatic rings. The van der Waals surface area contributed by atoms with Gasteiger partial charge in [0.05, 0.1) is 17.7 Å². The molecule has 0 spiro atoms. The second kappa shape index (κ2) is 10.8. The highest BCUT2D eigenvalue weighted by atomic mass is 32.2. The first-order chi connectivity index (χ1) is 16.5. The molecule has 0 atom stereocenters. The monoisotopic (exact) mass is 510 g/mol. The van der Waals surface area contributed by atoms with Gasteiger partial charge in [0.2, 0.25) is 5.91 Å². The van der Waals surface area contributed by atoms with Crippen molar-refractivity contribution in [1.82, 2.24) is 14.8 Å². The molecule has 0 aliphatic rings. The van der Waals surface area contributed by atoms with Gasteiger partial charge in [0.1, 0.15) is 10.6 Å². The molecule has 0 saturated heterocycles. The Hall–Kier alpha value is -3.21. The summed E-state index contributed by atoms with van der Waals surface area (Å²) in [4.78, 5) is 26.3. The van der Waals surface area contributed by atoms with Gasteiger partial charge in [-0.2, -0.15) is 0 Å². The van der Waals surface area contributed by atoms with Crippen LogP contribution in [-0.4, -0.2) is 39.5 Å². The van der Waals surface area contributed by atoms with Crippen LogP contribution in [0.1, 0.15) is 15.9 Å². The molecular formula is C24H22N4O3S3. The number of methoxy groups -OCH3 is 1. The first-order valence-corrected chi connectivity index (χ1v) is 13.0. The lowest BCUT2D eigenvalue weighted by atomic mass is 10.0. The van der Waals surface area contributed by atoms with E-state index in [1.54, 1.807) is 17.4 Å². The van der Waals surface area contributed by atoms with E-state index in [1.165, 1.54) is 30.2 Å². The van der Waals surface area contributed by atoms with Gasteiger partial charge in [-0.15, -0.1) is 39.4 Å². The van der Waals surface area contributed by atoms with E-state index in [0.717, 1.165) is 27.4 Å². The number of benzene rings is 1. The molecule has 7 nitrogen and oxygen atoms in total. The van der Waals surface area contributed by atoms with Crippen LogP contribution in [0.5, 0.6) is 0 Å². The first-order valence-electron chi connectivity index (χ1n) is 10.3. The number of aryl methyl sites for hydroxylation is 1. The fourth-order valence-electron chi connectivity index (χ4n) is 3.27. The number of allylic oxidation sites excluding steroid dienone is 1. The van der Waals surface area contributed by atoms with Gasteiger partial charge in [-0.05, 0) is 23.9 Å². The maximum atomic E-state index is 12.8. The molecule has 0 fully saturated rings. The summed E-state index contributed by atoms with van der Waals surface area (Å²) in [5.74, 6) is 0.106. The highest BCUT2D eigenvalue weighted by Gasteiger charge is 2.23. The van der Waals surface area contributed by atoms with Crippen molar-refractivity contribution in [3.8, 4) is 21.8 Å². The van der Waals surface area contributed by atoms with E-state index in [9.17, 15) is 9.59 Å². The van der Waals surface area contributed by atoms with Crippen molar-refractivity contribution in [1.29, 1.82) is 0 Å². The minimum absolute atomic E-state index is 0.109. The van der Waals surface area contributed by atoms with Crippen LogP contribution in [0.15, 0.2) is 65.0 Å². The number of amides is 1. The zero-order valence-electron chi connectivity index (χ0n) is 18.6. The Labute approximate surface area is 209 Å². The Kier molecular flexibility index (Phi) is 7.61. The normalized spacial score (nSPS) is 10.8. The first kappa shape index (κ1) is 23.9. The second-order valence-electron chi connectivity index (χ2n) is 7.23. The fraction of sp³-hybridized carbons (Fsp3) is 0.167. The second-order valence-corrected chi connectivity index (χ2v) is 10.0. The van der Waals surface area contributed by atoms with Crippen molar-refractivity contribution in [3.05, 3.63) is 70.9 Å². The van der Waals surface area contributed by atoms with E-state index in [4.69, 9.17) is 4.74 Å². The minimum Gasteiger partial charge on any atom is -0.465 e. The Morgan fingerprint density at radius 2 is 2.00 bits per heavy atom. The molecule has 174 valence electrons. The smallest absolute Gasteiger partial charge is 0.341 e. The number of hydrogen-bond acceptors (Lipinski definition) is 8. The third-order valence-electron chi connectivity index (χ3n) is 4.90. The number of thiophene rings is 2. The van der Waals surface area contributed by atoms with Crippen LogP contribution < -0.4 is 5.32 Å². The topological polar surface area (TPSA) is 86.1 Å². The highest BCUT2D eigenvalue weighted by Crippen LogP contribution is 2.36. The number of rotatable bonds is 9. The van der Waals surface area contributed by atoms with Gasteiger partial charge in [-0.1, -0.05) is 53.7 Å². The number of nitrogens with one attached hydrogen (secondary N) is 1. The van der Waals surface area contributed by atoms with Crippen molar-refractivity contribution in [3.63, 3.8) is 0 Å². The van der Waals surface area contributed by atoms with Gasteiger partial charge < -0.3 is 10.1 Å². The van der Waals surface area contributed by atoms with Crippen LogP contribution in [0.2, 0.25) is 0 Å². The van der Waals surface area contributed by atoms with Gasteiger partial charge in [-0.3, -0.25) is 9.36 Å². The average molecular weight is 511 g/mol. The molecule has 34 heavy (non-hydrogen) atoms. The molecule has 0 aliphatic carbocycles. The summed E-state index contributed by atoms with van der Waals surface area (Å²) in [7, 11) is 1.33. The number of carbonyl (C=O) groups is 2. The third-order valence-corrected chi connectivity index (χ3v) is 7.63. The zero-order valence-corrected chi connectivity index (χ0v) is 21.1. The molecule has 0 aliphatic heterocycles. The van der Waals surface area contributed by atoms with Crippen molar-refractivity contribution in [2.75, 3.05) is 18.2 Å². The number of nitrogens with zero attached hydrogens (tertiary/aromatic N) is 3. The maximum absolute atomic E-state index is 12.8. The summed E-state index contributed by atoms with van der Waals surface area (Å²) in [6.07, 6.45) is 1.77. The molecule has 10 heteroatoms. The Balaban J connectivity index is 1.51. The van der Waals surface area contributed by atoms with Crippen LogP contribution in [0.4, 0.5) is 5.00 Å². The van der Waals surface area contributed by atoms with Crippen LogP contribution in [0.3, 0.4) is 0 Å². The van der Waals surface area contributed by atoms with E-state index in [1.807, 2.05) is 58.6 Å². The van der Waals surface area contributed by atoms with Crippen LogP contribution in [0, 0.1) is 6.92 Å². The largest absolute Gasteiger partial charge is 0.465 e. The number of anilines is 1. The predicted molar refractivity (Wildman–Crippen MR) is 139 cm³/mol. The van der Waals surface area contributed by atoms with Crippen molar-refractivity contribution < 1.29 is 14.3 Å². The van der Waals surface area contributed by atoms with Gasteiger partial charge in [0.15, 0.2) is 11.0 Å². The quantitative estimate of drug-likeness (QED) is 0.175. The van der Waals surface area contributed by atoms with Gasteiger partial charge in [-0.25, -0.2) is 4.79 Å². The Bertz CT molecular complexity index is 1310. The number of thioether (sulfide) groups is 1. The van der Waals surface area contributed by atoms with Gasteiger partial charge >= 0.3 is 5.97 Å². The lowest BCUT2D eigenvalue weighted by Crippen LogP contribution is -2.16. The van der Waals surface area contributed by atoms with E-state index in [0.29, 0.717) is 22.3 Å². The Morgan fingerprint density at radius 1 is 1.21 bits per heavy atom. The molecule has 4 rings (SSSR count). The molecular weight excluding hydrogens is 488 g/mol. The fourth-order valence-corrected chi connectivity index (χ4v) is 5.71. The number of carbonyl (C=O) groups excluding carboxylic acids is 2. The number of hydrogen-bond donors (Lipinski definition) is 1. The maximum Gasteiger partial charge on any atom is 0.341 e. The molecule has 3 heterocycles. The van der Waals surface area contributed by atoms with E-state index >= 15 is 0 Å². The summed E-state index contributed by atoms with van der Waals surface area (Å²) < 4.78 is 6.92. The Morgan fingerprint density at radius 3 is 2.68 bits per heavy atom. The molecule has 1 aromatic carbocycles. The summed E-state index contributed by atoms with van der Waals surface area (Å²) in [6, 6.07) is 11.8. The number of ether oxygens (including phenoxy) is 1. The third kappa shape index (κ3) is 5.14. The molecule has 0 radical (unpaired) electrons. The lowest BCUT2D eigenvalue weighted by Gasteiger charge is -2.09. The highest BCUT2D eigenvalue weighted by molar-refractivity contribution is 7.99. The predicted octanol–water partition coefficient (Wildman–Crippen LogP) is 5.75. The van der Waals surface area contributed by atoms with Crippen LogP contribution in [0.25, 0.3) is 21.8 Å². The SMILES string of the molecule is C=CCn1c(SCC(=O)Nc2scc(-c3ccc(C)cc3)c2C(=O)OC)nnc1-c1cccs1. The van der Waals surface area contributed by atoms with E-state index < -0.39 is 5.97 Å². The average Bonchev–Trinajstić information content (AvgIpc) is 3.58. The summed E-state index contributed by atoms with van der Waals surface area (Å²) in [5.41, 5.74) is 3.09. The summed E-state index contributed by atoms with van der Waals surface area (Å²) >= 11 is 4.15. The van der Waals surface area contributed by atoms with E-state index in [-0.39, 0.29) is 11.7 Å². The molecule has 1 amide bonds. The number of esters is 1. The van der Waals surface area contributed by atoms with Gasteiger partial charge in [0.25, 0.3) is 0 Å². The minimum atomic E-state index is -0.494. The standard InChI is InChI=1S/C24H22N4O3S3/c1-4-11-28-21(18-6-5-12-32-18)26-27-24(28)34-14-19(29)25-22-20(23(30)31-3)17(13-33-22)16-9-7-15(2)8-10-16/h4-10,12-13H,1,11,14H2,2-3H3,(H,25,29). The lowest BCUT2D eigenvalue weighted by molar-refractivity contribution is -0.113.